The maximum absolute atomic E-state index is 6.34. The summed E-state index contributed by atoms with van der Waals surface area (Å²) >= 11 is 6.34. The van der Waals surface area contributed by atoms with Crippen LogP contribution in [0, 0.1) is 6.92 Å². The van der Waals surface area contributed by atoms with Crippen LogP contribution >= 0.6 is 11.6 Å². The van der Waals surface area contributed by atoms with Crippen LogP contribution in [0.15, 0.2) is 35.0 Å². The van der Waals surface area contributed by atoms with E-state index in [0.29, 0.717) is 34.0 Å². The normalized spacial score (nSPS) is 20.0. The lowest BCUT2D eigenvalue weighted by Crippen LogP contribution is -2.30. The van der Waals surface area contributed by atoms with Crippen molar-refractivity contribution in [3.63, 3.8) is 0 Å². The molecule has 10 heteroatoms. The van der Waals surface area contributed by atoms with Crippen molar-refractivity contribution < 1.29 is 9.26 Å². The van der Waals surface area contributed by atoms with Gasteiger partial charge >= 0.3 is 0 Å². The quantitative estimate of drug-likeness (QED) is 0.483. The van der Waals surface area contributed by atoms with Crippen LogP contribution in [-0.2, 0) is 11.8 Å². The summed E-state index contributed by atoms with van der Waals surface area (Å²) in [4.78, 5) is 9.01. The van der Waals surface area contributed by atoms with Crippen molar-refractivity contribution in [2.24, 2.45) is 0 Å². The number of aromatic nitrogens is 7. The van der Waals surface area contributed by atoms with Crippen molar-refractivity contribution in [2.75, 3.05) is 0 Å². The number of hydrogen-bond acceptors (Lipinski definition) is 8. The molecule has 1 aliphatic rings. The molecule has 0 saturated heterocycles. The van der Waals surface area contributed by atoms with Gasteiger partial charge in [-0.3, -0.25) is 0 Å². The summed E-state index contributed by atoms with van der Waals surface area (Å²) in [5.41, 5.74) is 3.72. The van der Waals surface area contributed by atoms with Crippen LogP contribution in [0.3, 0.4) is 0 Å². The number of halogens is 1. The van der Waals surface area contributed by atoms with E-state index >= 15 is 0 Å². The fourth-order valence-electron chi connectivity index (χ4n) is 4.42. The van der Waals surface area contributed by atoms with Crippen molar-refractivity contribution in [1.29, 1.82) is 0 Å². The molecule has 0 bridgehead atoms. The van der Waals surface area contributed by atoms with E-state index in [4.69, 9.17) is 25.8 Å². The molecule has 1 N–H and O–H groups in total. The van der Waals surface area contributed by atoms with Gasteiger partial charge in [-0.05, 0) is 67.3 Å². The summed E-state index contributed by atoms with van der Waals surface area (Å²) in [6.45, 7) is 8.05. The highest BCUT2D eigenvalue weighted by molar-refractivity contribution is 6.32. The topological polar surface area (TPSA) is 116 Å². The van der Waals surface area contributed by atoms with Crippen LogP contribution in [0.4, 0.5) is 0 Å². The first-order valence-corrected chi connectivity index (χ1v) is 10.7. The zero-order valence-corrected chi connectivity index (χ0v) is 18.9. The maximum atomic E-state index is 6.34. The molecule has 0 fully saturated rings. The van der Waals surface area contributed by atoms with E-state index in [1.807, 2.05) is 13.8 Å². The Kier molecular flexibility index (Phi) is 4.93. The molecule has 3 aromatic heterocycles. The Morgan fingerprint density at radius 2 is 2.16 bits per heavy atom. The predicted molar refractivity (Wildman–Crippen MR) is 117 cm³/mol. The summed E-state index contributed by atoms with van der Waals surface area (Å²) in [5, 5.41) is 19.5. The third-order valence-corrected chi connectivity index (χ3v) is 6.34. The second-order valence-corrected chi connectivity index (χ2v) is 8.85. The van der Waals surface area contributed by atoms with Crippen molar-refractivity contribution in [3.8, 4) is 17.3 Å². The van der Waals surface area contributed by atoms with Crippen LogP contribution in [0.2, 0.25) is 5.02 Å². The average molecular weight is 452 g/mol. The number of hydrogen-bond donors (Lipinski definition) is 1. The molecule has 1 unspecified atom stereocenters. The number of ether oxygens (including phenoxy) is 1. The third kappa shape index (κ3) is 3.24. The average Bonchev–Trinajstić information content (AvgIpc) is 3.50. The number of benzene rings is 1. The van der Waals surface area contributed by atoms with E-state index in [9.17, 15) is 0 Å². The predicted octanol–water partition coefficient (Wildman–Crippen LogP) is 4.04. The lowest BCUT2D eigenvalue weighted by molar-refractivity contribution is 0.233. The lowest BCUT2D eigenvalue weighted by Gasteiger charge is -2.27. The minimum atomic E-state index is -0.531. The molecule has 32 heavy (non-hydrogen) atoms. The number of fused-ring (bicyclic) bond motifs is 1. The van der Waals surface area contributed by atoms with Gasteiger partial charge in [-0.1, -0.05) is 35.0 Å². The molecule has 0 saturated carbocycles. The van der Waals surface area contributed by atoms with Crippen molar-refractivity contribution in [3.05, 3.63) is 63.8 Å². The highest BCUT2D eigenvalue weighted by atomic mass is 35.5. The van der Waals surface area contributed by atoms with E-state index in [1.165, 1.54) is 11.1 Å². The Balaban J connectivity index is 1.54. The Hall–Kier alpha value is -3.33. The van der Waals surface area contributed by atoms with Crippen LogP contribution < -0.4 is 4.74 Å². The molecule has 1 aliphatic carbocycles. The zero-order chi connectivity index (χ0) is 22.5. The highest BCUT2D eigenvalue weighted by Crippen LogP contribution is 2.51. The smallest absolute Gasteiger partial charge is 0.259 e. The SMILES string of the molecule is Cc1cccc2c1CC(c1noc(-c3cnc(OC(C)C)c(Cl)c3)n1)[C@@]2(C)c1nnn[nH]1. The molecule has 5 rings (SSSR count). The molecule has 0 aliphatic heterocycles. The van der Waals surface area contributed by atoms with E-state index in [1.54, 1.807) is 12.3 Å². The molecule has 4 aromatic rings. The largest absolute Gasteiger partial charge is 0.474 e. The summed E-state index contributed by atoms with van der Waals surface area (Å²) < 4.78 is 11.2. The number of nitrogens with zero attached hydrogens (tertiary/aromatic N) is 6. The molecule has 3 heterocycles. The Labute approximate surface area is 189 Å². The summed E-state index contributed by atoms with van der Waals surface area (Å²) in [5.74, 6) is 1.84. The fraction of sp³-hybridized carbons (Fsp3) is 0.364. The Morgan fingerprint density at radius 3 is 2.88 bits per heavy atom. The second kappa shape index (κ2) is 7.67. The van der Waals surface area contributed by atoms with E-state index in [0.717, 1.165) is 12.0 Å². The van der Waals surface area contributed by atoms with Crippen LogP contribution in [-0.4, -0.2) is 41.9 Å². The minimum Gasteiger partial charge on any atom is -0.474 e. The molecule has 9 nitrogen and oxygen atoms in total. The maximum Gasteiger partial charge on any atom is 0.259 e. The second-order valence-electron chi connectivity index (χ2n) is 8.45. The lowest BCUT2D eigenvalue weighted by atomic mass is 9.75. The molecule has 0 amide bonds. The molecule has 2 atom stereocenters. The van der Waals surface area contributed by atoms with E-state index in [-0.39, 0.29) is 12.0 Å². The van der Waals surface area contributed by atoms with E-state index in [2.05, 4.69) is 62.8 Å². The number of aromatic amines is 1. The third-order valence-electron chi connectivity index (χ3n) is 6.07. The highest BCUT2D eigenvalue weighted by Gasteiger charge is 2.50. The molecule has 0 spiro atoms. The van der Waals surface area contributed by atoms with Crippen LogP contribution in [0.25, 0.3) is 11.5 Å². The number of tetrazole rings is 1. The zero-order valence-electron chi connectivity index (χ0n) is 18.1. The number of rotatable bonds is 5. The first-order chi connectivity index (χ1) is 15.4. The molecule has 1 aromatic carbocycles. The van der Waals surface area contributed by atoms with Gasteiger partial charge in [0.2, 0.25) is 5.88 Å². The van der Waals surface area contributed by atoms with Gasteiger partial charge in [0, 0.05) is 12.1 Å². The van der Waals surface area contributed by atoms with Gasteiger partial charge < -0.3 is 9.26 Å². The van der Waals surface area contributed by atoms with Gasteiger partial charge in [-0.15, -0.1) is 5.10 Å². The van der Waals surface area contributed by atoms with Crippen LogP contribution in [0.1, 0.15) is 55.0 Å². The first-order valence-electron chi connectivity index (χ1n) is 10.4. The van der Waals surface area contributed by atoms with Gasteiger partial charge in [0.1, 0.15) is 5.02 Å². The molecular weight excluding hydrogens is 430 g/mol. The minimum absolute atomic E-state index is 0.0310. The van der Waals surface area contributed by atoms with Crippen molar-refractivity contribution in [1.82, 2.24) is 35.7 Å². The van der Waals surface area contributed by atoms with E-state index < -0.39 is 5.41 Å². The Bertz CT molecular complexity index is 1270. The monoisotopic (exact) mass is 451 g/mol. The van der Waals surface area contributed by atoms with Gasteiger partial charge in [-0.25, -0.2) is 10.1 Å². The molecular formula is C22H22ClN7O2. The Morgan fingerprint density at radius 1 is 1.31 bits per heavy atom. The van der Waals surface area contributed by atoms with Crippen LogP contribution in [0.5, 0.6) is 5.88 Å². The first kappa shape index (κ1) is 20.6. The fourth-order valence-corrected chi connectivity index (χ4v) is 4.63. The summed E-state index contributed by atoms with van der Waals surface area (Å²) in [6.07, 6.45) is 2.34. The molecule has 0 radical (unpaired) electrons. The molecule has 164 valence electrons. The number of H-pyrrole nitrogens is 1. The summed E-state index contributed by atoms with van der Waals surface area (Å²) in [6, 6.07) is 7.99. The number of pyridine rings is 1. The summed E-state index contributed by atoms with van der Waals surface area (Å²) in [7, 11) is 0. The van der Waals surface area contributed by atoms with Gasteiger partial charge in [0.25, 0.3) is 5.89 Å². The van der Waals surface area contributed by atoms with Gasteiger partial charge in [0.05, 0.1) is 17.1 Å². The van der Waals surface area contributed by atoms with Gasteiger partial charge in [-0.2, -0.15) is 4.98 Å². The standard InChI is InChI=1S/C22H22ClN7O2/c1-11(2)31-20-17(23)8-13(10-24-20)19-25-18(28-32-19)16-9-14-12(3)6-5-7-15(14)22(16,4)21-26-29-30-27-21/h5-8,10-11,16H,9H2,1-4H3,(H,26,27,29,30)/t16?,22-/m0/s1. The van der Waals surface area contributed by atoms with Gasteiger partial charge in [0.15, 0.2) is 11.6 Å². The van der Waals surface area contributed by atoms with Crippen molar-refractivity contribution >= 4 is 11.6 Å². The number of nitrogens with one attached hydrogen (secondary N) is 1. The van der Waals surface area contributed by atoms with Crippen molar-refractivity contribution in [2.45, 2.75) is 51.6 Å². The number of aryl methyl sites for hydroxylation is 1.